The SMILES string of the molecule is CSCCC(NC(=O)CCOCCNC(=O)OCC1c2ccccc2-c2ccccc21)C(=O)O. The number of carbonyl (C=O) groups is 3. The molecule has 3 N–H and O–H groups in total. The topological polar surface area (TPSA) is 114 Å². The van der Waals surface area contributed by atoms with Crippen molar-refractivity contribution in [1.29, 1.82) is 0 Å². The molecule has 0 saturated heterocycles. The highest BCUT2D eigenvalue weighted by Crippen LogP contribution is 2.44. The van der Waals surface area contributed by atoms with Gasteiger partial charge in [-0.15, -0.1) is 0 Å². The molecule has 0 fully saturated rings. The normalized spacial score (nSPS) is 13.0. The first-order chi connectivity index (χ1) is 16.5. The number of hydrogen-bond donors (Lipinski definition) is 3. The predicted octanol–water partition coefficient (Wildman–Crippen LogP) is 3.25. The van der Waals surface area contributed by atoms with Crippen LogP contribution in [0.4, 0.5) is 4.79 Å². The molecular weight excluding hydrogens is 456 g/mol. The summed E-state index contributed by atoms with van der Waals surface area (Å²) in [4.78, 5) is 35.2. The molecular formula is C25H30N2O6S. The van der Waals surface area contributed by atoms with Crippen LogP contribution in [0, 0.1) is 0 Å². The number of hydrogen-bond acceptors (Lipinski definition) is 6. The van der Waals surface area contributed by atoms with E-state index in [1.54, 1.807) is 0 Å². The van der Waals surface area contributed by atoms with Gasteiger partial charge >= 0.3 is 12.1 Å². The lowest BCUT2D eigenvalue weighted by Gasteiger charge is -2.15. The molecule has 0 spiro atoms. The second-order valence-electron chi connectivity index (χ2n) is 7.85. The molecule has 1 aliphatic rings. The van der Waals surface area contributed by atoms with E-state index in [9.17, 15) is 14.4 Å². The zero-order valence-electron chi connectivity index (χ0n) is 19.1. The molecule has 1 unspecified atom stereocenters. The van der Waals surface area contributed by atoms with Crippen molar-refractivity contribution in [3.63, 3.8) is 0 Å². The smallest absolute Gasteiger partial charge is 0.407 e. The number of nitrogens with one attached hydrogen (secondary N) is 2. The Morgan fingerprint density at radius 2 is 1.68 bits per heavy atom. The molecule has 9 heteroatoms. The van der Waals surface area contributed by atoms with Crippen LogP contribution in [0.2, 0.25) is 0 Å². The zero-order chi connectivity index (χ0) is 24.3. The molecule has 2 aromatic carbocycles. The van der Waals surface area contributed by atoms with E-state index in [1.165, 1.54) is 22.9 Å². The van der Waals surface area contributed by atoms with Crippen LogP contribution in [0.5, 0.6) is 0 Å². The Morgan fingerprint density at radius 1 is 1.03 bits per heavy atom. The van der Waals surface area contributed by atoms with Gasteiger partial charge in [-0.05, 0) is 40.7 Å². The van der Waals surface area contributed by atoms with E-state index >= 15 is 0 Å². The van der Waals surface area contributed by atoms with Crippen molar-refractivity contribution >= 4 is 29.7 Å². The van der Waals surface area contributed by atoms with Crippen LogP contribution < -0.4 is 10.6 Å². The second-order valence-corrected chi connectivity index (χ2v) is 8.84. The van der Waals surface area contributed by atoms with Gasteiger partial charge in [-0.3, -0.25) is 4.79 Å². The molecule has 0 aromatic heterocycles. The second kappa shape index (κ2) is 13.0. The van der Waals surface area contributed by atoms with Gasteiger partial charge in [-0.25, -0.2) is 9.59 Å². The fraction of sp³-hybridized carbons (Fsp3) is 0.400. The summed E-state index contributed by atoms with van der Waals surface area (Å²) in [6, 6.07) is 15.4. The highest BCUT2D eigenvalue weighted by atomic mass is 32.2. The molecule has 0 bridgehead atoms. The van der Waals surface area contributed by atoms with Crippen molar-refractivity contribution in [2.24, 2.45) is 0 Å². The van der Waals surface area contributed by atoms with Crippen molar-refractivity contribution in [3.8, 4) is 11.1 Å². The number of aliphatic carboxylic acids is 1. The molecule has 1 atom stereocenters. The summed E-state index contributed by atoms with van der Waals surface area (Å²) >= 11 is 1.52. The lowest BCUT2D eigenvalue weighted by atomic mass is 9.98. The molecule has 0 radical (unpaired) electrons. The summed E-state index contributed by atoms with van der Waals surface area (Å²) in [7, 11) is 0. The summed E-state index contributed by atoms with van der Waals surface area (Å²) < 4.78 is 10.8. The van der Waals surface area contributed by atoms with Crippen molar-refractivity contribution in [3.05, 3.63) is 59.7 Å². The molecule has 8 nitrogen and oxygen atoms in total. The van der Waals surface area contributed by atoms with Gasteiger partial charge in [0.15, 0.2) is 0 Å². The van der Waals surface area contributed by atoms with Crippen molar-refractivity contribution in [1.82, 2.24) is 10.6 Å². The van der Waals surface area contributed by atoms with Gasteiger partial charge in [0.2, 0.25) is 5.91 Å². The Morgan fingerprint density at radius 3 is 2.29 bits per heavy atom. The van der Waals surface area contributed by atoms with Gasteiger partial charge in [0.25, 0.3) is 0 Å². The van der Waals surface area contributed by atoms with Crippen LogP contribution in [0.3, 0.4) is 0 Å². The largest absolute Gasteiger partial charge is 0.480 e. The molecule has 1 aliphatic carbocycles. The van der Waals surface area contributed by atoms with Gasteiger partial charge in [-0.2, -0.15) is 11.8 Å². The fourth-order valence-corrected chi connectivity index (χ4v) is 4.37. The summed E-state index contributed by atoms with van der Waals surface area (Å²) in [6.45, 7) is 0.825. The quantitative estimate of drug-likeness (QED) is 0.373. The lowest BCUT2D eigenvalue weighted by molar-refractivity contribution is -0.142. The van der Waals surface area contributed by atoms with Crippen LogP contribution in [-0.2, 0) is 19.1 Å². The number of carboxylic acids is 1. The van der Waals surface area contributed by atoms with Gasteiger partial charge < -0.3 is 25.2 Å². The van der Waals surface area contributed by atoms with Crippen LogP contribution >= 0.6 is 11.8 Å². The molecule has 0 aliphatic heterocycles. The molecule has 2 aromatic rings. The summed E-state index contributed by atoms with van der Waals surface area (Å²) in [6.07, 6.45) is 1.77. The fourth-order valence-electron chi connectivity index (χ4n) is 3.90. The number of carboxylic acid groups (broad SMARTS) is 1. The third-order valence-electron chi connectivity index (χ3n) is 5.58. The number of carbonyl (C=O) groups excluding carboxylic acids is 2. The van der Waals surface area contributed by atoms with Gasteiger partial charge in [0, 0.05) is 18.9 Å². The Labute approximate surface area is 203 Å². The zero-order valence-corrected chi connectivity index (χ0v) is 19.9. The van der Waals surface area contributed by atoms with Gasteiger partial charge in [-0.1, -0.05) is 48.5 Å². The molecule has 2 amide bonds. The van der Waals surface area contributed by atoms with Crippen molar-refractivity contribution in [2.45, 2.75) is 24.8 Å². The standard InChI is InChI=1S/C25H30N2O6S/c1-34-15-11-22(24(29)30)27-23(28)10-13-32-14-12-26-25(31)33-16-21-19-8-4-2-6-17(19)18-7-3-5-9-20(18)21/h2-9,21-22H,10-16H2,1H3,(H,26,31)(H,27,28)(H,29,30). The third-order valence-corrected chi connectivity index (χ3v) is 6.22. The van der Waals surface area contributed by atoms with Crippen LogP contribution in [-0.4, -0.2) is 67.5 Å². The van der Waals surface area contributed by atoms with E-state index in [1.807, 2.05) is 30.5 Å². The first-order valence-corrected chi connectivity index (χ1v) is 12.6. The molecule has 3 rings (SSSR count). The molecule has 0 heterocycles. The van der Waals surface area contributed by atoms with E-state index in [0.717, 1.165) is 11.1 Å². The minimum atomic E-state index is -1.05. The van der Waals surface area contributed by atoms with Gasteiger partial charge in [0.1, 0.15) is 12.6 Å². The monoisotopic (exact) mass is 486 g/mol. The van der Waals surface area contributed by atoms with E-state index in [-0.39, 0.29) is 44.6 Å². The average molecular weight is 487 g/mol. The lowest BCUT2D eigenvalue weighted by Crippen LogP contribution is -2.41. The first kappa shape index (κ1) is 25.6. The van der Waals surface area contributed by atoms with Crippen LogP contribution in [0.25, 0.3) is 11.1 Å². The minimum absolute atomic E-state index is 0.00143. The Kier molecular flexibility index (Phi) is 9.78. The van der Waals surface area contributed by atoms with E-state index < -0.39 is 18.1 Å². The average Bonchev–Trinajstić information content (AvgIpc) is 3.16. The van der Waals surface area contributed by atoms with Crippen LogP contribution in [0.15, 0.2) is 48.5 Å². The Balaban J connectivity index is 1.32. The molecule has 0 saturated carbocycles. The number of thioether (sulfide) groups is 1. The third kappa shape index (κ3) is 6.98. The number of fused-ring (bicyclic) bond motifs is 3. The Bertz CT molecular complexity index is 953. The van der Waals surface area contributed by atoms with Crippen molar-refractivity contribution in [2.75, 3.05) is 38.4 Å². The maximum Gasteiger partial charge on any atom is 0.407 e. The highest BCUT2D eigenvalue weighted by Gasteiger charge is 2.29. The highest BCUT2D eigenvalue weighted by molar-refractivity contribution is 7.98. The van der Waals surface area contributed by atoms with Crippen LogP contribution in [0.1, 0.15) is 29.9 Å². The summed E-state index contributed by atoms with van der Waals surface area (Å²) in [5.74, 6) is -0.776. The van der Waals surface area contributed by atoms with Crippen molar-refractivity contribution < 1.29 is 29.0 Å². The van der Waals surface area contributed by atoms with E-state index in [4.69, 9.17) is 14.6 Å². The predicted molar refractivity (Wildman–Crippen MR) is 131 cm³/mol. The summed E-state index contributed by atoms with van der Waals surface area (Å²) in [5, 5.41) is 14.3. The van der Waals surface area contributed by atoms with E-state index in [0.29, 0.717) is 12.2 Å². The minimum Gasteiger partial charge on any atom is -0.480 e. The molecule has 34 heavy (non-hydrogen) atoms. The van der Waals surface area contributed by atoms with E-state index in [2.05, 4.69) is 34.9 Å². The number of rotatable bonds is 13. The molecule has 182 valence electrons. The number of benzene rings is 2. The first-order valence-electron chi connectivity index (χ1n) is 11.2. The Hall–Kier alpha value is -3.04. The number of ether oxygens (including phenoxy) is 2. The van der Waals surface area contributed by atoms with Gasteiger partial charge in [0.05, 0.1) is 13.2 Å². The maximum absolute atomic E-state index is 12.1. The summed E-state index contributed by atoms with van der Waals surface area (Å²) in [5.41, 5.74) is 4.64. The number of alkyl carbamates (subject to hydrolysis) is 1. The number of amides is 2. The maximum atomic E-state index is 12.1.